The Bertz CT molecular complexity index is 1270. The van der Waals surface area contributed by atoms with Crippen molar-refractivity contribution in [3.8, 4) is 0 Å². The lowest BCUT2D eigenvalue weighted by molar-refractivity contribution is -0.120. The number of nitrogens with zero attached hydrogens (tertiary/aromatic N) is 2. The molecule has 5 heteroatoms. The minimum absolute atomic E-state index is 0.136. The number of para-hydroxylation sites is 1. The molecule has 4 aromatic rings. The lowest BCUT2D eigenvalue weighted by atomic mass is 10.0. The third-order valence-corrected chi connectivity index (χ3v) is 5.73. The number of aromatic nitrogens is 1. The van der Waals surface area contributed by atoms with Crippen LogP contribution in [-0.2, 0) is 17.8 Å². The van der Waals surface area contributed by atoms with Gasteiger partial charge in [0.25, 0.3) is 0 Å². The zero-order valence-electron chi connectivity index (χ0n) is 17.6. The Morgan fingerprint density at radius 2 is 1.81 bits per heavy atom. The Morgan fingerprint density at radius 1 is 1.03 bits per heavy atom. The van der Waals surface area contributed by atoms with Crippen LogP contribution in [0.4, 0.5) is 0 Å². The van der Waals surface area contributed by atoms with Gasteiger partial charge in [-0.2, -0.15) is 5.10 Å². The Kier molecular flexibility index (Phi) is 6.19. The van der Waals surface area contributed by atoms with E-state index < -0.39 is 0 Å². The minimum Gasteiger partial charge on any atom is -0.342 e. The van der Waals surface area contributed by atoms with Crippen LogP contribution in [0.15, 0.2) is 78.0 Å². The van der Waals surface area contributed by atoms with Crippen LogP contribution in [0.5, 0.6) is 0 Å². The normalized spacial score (nSPS) is 11.3. The van der Waals surface area contributed by atoms with Crippen LogP contribution >= 0.6 is 11.6 Å². The molecule has 0 spiro atoms. The molecule has 0 aliphatic rings. The zero-order valence-corrected chi connectivity index (χ0v) is 18.4. The third kappa shape index (κ3) is 4.86. The van der Waals surface area contributed by atoms with E-state index in [0.29, 0.717) is 13.0 Å². The largest absolute Gasteiger partial charge is 0.342 e. The highest BCUT2D eigenvalue weighted by atomic mass is 35.5. The predicted octanol–water partition coefficient (Wildman–Crippen LogP) is 5.65. The Labute approximate surface area is 187 Å². The second-order valence-electron chi connectivity index (χ2n) is 7.72. The van der Waals surface area contributed by atoms with E-state index in [-0.39, 0.29) is 5.91 Å². The lowest BCUT2D eigenvalue weighted by Crippen LogP contribution is -2.20. The maximum atomic E-state index is 12.3. The van der Waals surface area contributed by atoms with Crippen molar-refractivity contribution in [2.24, 2.45) is 5.10 Å². The number of halogens is 1. The van der Waals surface area contributed by atoms with E-state index in [1.54, 1.807) is 6.21 Å². The highest BCUT2D eigenvalue weighted by Crippen LogP contribution is 2.23. The molecule has 0 bridgehead atoms. The number of aryl methyl sites for hydroxylation is 2. The first-order chi connectivity index (χ1) is 15.0. The van der Waals surface area contributed by atoms with Gasteiger partial charge in [0.1, 0.15) is 0 Å². The first-order valence-electron chi connectivity index (χ1n) is 10.2. The van der Waals surface area contributed by atoms with Gasteiger partial charge < -0.3 is 4.57 Å². The summed E-state index contributed by atoms with van der Waals surface area (Å²) < 4.78 is 2.15. The Hall–Kier alpha value is -3.37. The van der Waals surface area contributed by atoms with Gasteiger partial charge in [0.05, 0.1) is 12.6 Å². The number of hydrogen-bond acceptors (Lipinski definition) is 2. The summed E-state index contributed by atoms with van der Waals surface area (Å²) in [5, 5.41) is 6.02. The molecule has 0 saturated carbocycles. The van der Waals surface area contributed by atoms with E-state index in [1.807, 2.05) is 68.6 Å². The summed E-state index contributed by atoms with van der Waals surface area (Å²) in [5.41, 5.74) is 9.04. The van der Waals surface area contributed by atoms with E-state index in [2.05, 4.69) is 33.3 Å². The summed E-state index contributed by atoms with van der Waals surface area (Å²) in [4.78, 5) is 12.3. The number of hydrazone groups is 1. The summed E-state index contributed by atoms with van der Waals surface area (Å²) >= 11 is 6.35. The van der Waals surface area contributed by atoms with E-state index in [1.165, 1.54) is 5.56 Å². The third-order valence-electron chi connectivity index (χ3n) is 5.36. The predicted molar refractivity (Wildman–Crippen MR) is 128 cm³/mol. The molecular formula is C26H24ClN3O. The van der Waals surface area contributed by atoms with Gasteiger partial charge in [0, 0.05) is 34.2 Å². The van der Waals surface area contributed by atoms with Gasteiger partial charge >= 0.3 is 0 Å². The van der Waals surface area contributed by atoms with Gasteiger partial charge in [-0.15, -0.1) is 0 Å². The second-order valence-corrected chi connectivity index (χ2v) is 8.13. The lowest BCUT2D eigenvalue weighted by Gasteiger charge is -2.07. The molecule has 156 valence electrons. The standard InChI is InChI=1S/C26H24ClN3O/c1-18-11-12-20(19(2)13-18)14-26(31)29-28-15-22-17-30(25-10-6-4-8-23(22)25)16-21-7-3-5-9-24(21)27/h3-13,15,17H,14,16H2,1-2H3,(H,29,31)/b28-15+. The Balaban J connectivity index is 1.51. The molecule has 4 nitrogen and oxygen atoms in total. The summed E-state index contributed by atoms with van der Waals surface area (Å²) in [6, 6.07) is 22.1. The van der Waals surface area contributed by atoms with Crippen LogP contribution in [0.3, 0.4) is 0 Å². The molecule has 0 aliphatic carbocycles. The van der Waals surface area contributed by atoms with Crippen LogP contribution in [0.25, 0.3) is 10.9 Å². The van der Waals surface area contributed by atoms with Crippen LogP contribution in [0.2, 0.25) is 5.02 Å². The first-order valence-corrected chi connectivity index (χ1v) is 10.6. The molecule has 1 heterocycles. The van der Waals surface area contributed by atoms with Crippen molar-refractivity contribution in [3.63, 3.8) is 0 Å². The molecule has 0 atom stereocenters. The van der Waals surface area contributed by atoms with Gasteiger partial charge in [-0.3, -0.25) is 4.79 Å². The van der Waals surface area contributed by atoms with E-state index in [4.69, 9.17) is 11.6 Å². The topological polar surface area (TPSA) is 46.4 Å². The fourth-order valence-electron chi connectivity index (χ4n) is 3.75. The summed E-state index contributed by atoms with van der Waals surface area (Å²) in [5.74, 6) is -0.136. The monoisotopic (exact) mass is 429 g/mol. The van der Waals surface area contributed by atoms with Gasteiger partial charge in [0.15, 0.2) is 0 Å². The van der Waals surface area contributed by atoms with Crippen LogP contribution in [0, 0.1) is 13.8 Å². The molecule has 0 unspecified atom stereocenters. The van der Waals surface area contributed by atoms with Gasteiger partial charge in [-0.25, -0.2) is 5.43 Å². The average molecular weight is 430 g/mol. The van der Waals surface area contributed by atoms with E-state index in [0.717, 1.165) is 38.2 Å². The number of nitrogens with one attached hydrogen (secondary N) is 1. The molecule has 3 aromatic carbocycles. The van der Waals surface area contributed by atoms with Crippen LogP contribution in [0.1, 0.15) is 27.8 Å². The fourth-order valence-corrected chi connectivity index (χ4v) is 3.94. The van der Waals surface area contributed by atoms with Crippen molar-refractivity contribution in [3.05, 3.63) is 106 Å². The number of rotatable bonds is 6. The van der Waals surface area contributed by atoms with Crippen molar-refractivity contribution in [1.29, 1.82) is 0 Å². The number of hydrogen-bond donors (Lipinski definition) is 1. The molecule has 1 amide bonds. The van der Waals surface area contributed by atoms with Gasteiger partial charge in [0.2, 0.25) is 5.91 Å². The highest BCUT2D eigenvalue weighted by molar-refractivity contribution is 6.31. The van der Waals surface area contributed by atoms with Crippen molar-refractivity contribution < 1.29 is 4.79 Å². The van der Waals surface area contributed by atoms with E-state index in [9.17, 15) is 4.79 Å². The average Bonchev–Trinajstić information content (AvgIpc) is 3.09. The van der Waals surface area contributed by atoms with Crippen molar-refractivity contribution in [2.45, 2.75) is 26.8 Å². The highest BCUT2D eigenvalue weighted by Gasteiger charge is 2.09. The number of benzene rings is 3. The molecule has 1 N–H and O–H groups in total. The quantitative estimate of drug-likeness (QED) is 0.312. The summed E-state index contributed by atoms with van der Waals surface area (Å²) in [7, 11) is 0. The summed E-state index contributed by atoms with van der Waals surface area (Å²) in [6.07, 6.45) is 4.04. The van der Waals surface area contributed by atoms with Crippen LogP contribution < -0.4 is 5.43 Å². The maximum Gasteiger partial charge on any atom is 0.244 e. The Morgan fingerprint density at radius 3 is 2.61 bits per heavy atom. The van der Waals surface area contributed by atoms with E-state index >= 15 is 0 Å². The molecule has 0 aliphatic heterocycles. The smallest absolute Gasteiger partial charge is 0.244 e. The molecule has 1 aromatic heterocycles. The molecule has 0 fully saturated rings. The van der Waals surface area contributed by atoms with Gasteiger partial charge in [-0.05, 0) is 42.7 Å². The maximum absolute atomic E-state index is 12.3. The second kappa shape index (κ2) is 9.19. The van der Waals surface area contributed by atoms with Crippen molar-refractivity contribution in [1.82, 2.24) is 9.99 Å². The minimum atomic E-state index is -0.136. The van der Waals surface area contributed by atoms with Crippen LogP contribution in [-0.4, -0.2) is 16.7 Å². The molecule has 4 rings (SSSR count). The van der Waals surface area contributed by atoms with Gasteiger partial charge in [-0.1, -0.05) is 71.8 Å². The first kappa shape index (κ1) is 20.9. The number of amides is 1. The van der Waals surface area contributed by atoms with Crippen molar-refractivity contribution in [2.75, 3.05) is 0 Å². The SMILES string of the molecule is Cc1ccc(CC(=O)N/N=C/c2cn(Cc3ccccc3Cl)c3ccccc23)c(C)c1. The number of carbonyl (C=O) groups is 1. The summed E-state index contributed by atoms with van der Waals surface area (Å²) in [6.45, 7) is 4.73. The van der Waals surface area contributed by atoms with Crippen molar-refractivity contribution >= 4 is 34.6 Å². The number of fused-ring (bicyclic) bond motifs is 1. The molecule has 0 radical (unpaired) electrons. The molecule has 31 heavy (non-hydrogen) atoms. The molecular weight excluding hydrogens is 406 g/mol. The zero-order chi connectivity index (χ0) is 21.8. The molecule has 0 saturated heterocycles. The fraction of sp³-hybridized carbons (Fsp3) is 0.154. The number of carbonyl (C=O) groups excluding carboxylic acids is 1.